The normalized spacial score (nSPS) is 22.2. The molecule has 0 saturated carbocycles. The number of thiazole rings is 1. The van der Waals surface area contributed by atoms with Crippen LogP contribution in [-0.4, -0.2) is 44.9 Å². The molecule has 0 spiro atoms. The number of carbonyl (C=O) groups is 1. The highest BCUT2D eigenvalue weighted by Crippen LogP contribution is 2.33. The van der Waals surface area contributed by atoms with E-state index in [1.807, 2.05) is 12.1 Å². The molecule has 1 amide bonds. The first-order chi connectivity index (χ1) is 14.0. The molecule has 0 unspecified atom stereocenters. The topological polar surface area (TPSA) is 119 Å². The molecular weight excluding hydrogens is 395 g/mol. The first-order valence-electron chi connectivity index (χ1n) is 9.26. The fourth-order valence-corrected chi connectivity index (χ4v) is 3.98. The summed E-state index contributed by atoms with van der Waals surface area (Å²) in [6, 6.07) is 3.15. The summed E-state index contributed by atoms with van der Waals surface area (Å²) in [5.74, 6) is -0.351. The number of nitrogens with zero attached hydrogens (tertiary/aromatic N) is 3. The number of pyridine rings is 1. The zero-order valence-corrected chi connectivity index (χ0v) is 16.6. The third-order valence-electron chi connectivity index (χ3n) is 4.86. The summed E-state index contributed by atoms with van der Waals surface area (Å²) in [7, 11) is 0. The third-order valence-corrected chi connectivity index (χ3v) is 5.76. The Morgan fingerprint density at radius 1 is 1.45 bits per heavy atom. The standard InChI is InChI=1S/C19H21FN6O2S/c1-10-16(17(26-25-10)15-5-4-13(21)12(20)8-28-15)24-18(27)14-9-29-19(23-14)11-3-2-6-22-7-11/h2-3,6-7,9,12-13,15H,4-5,8,21H2,1H3,(H,24,27)(H,25,26)/t12-,13-,15+/m1/s1. The van der Waals surface area contributed by atoms with Gasteiger partial charge in [0.15, 0.2) is 0 Å². The maximum atomic E-state index is 13.8. The Balaban J connectivity index is 1.52. The van der Waals surface area contributed by atoms with E-state index in [2.05, 4.69) is 25.5 Å². The predicted octanol–water partition coefficient (Wildman–Crippen LogP) is 3.01. The quantitative estimate of drug-likeness (QED) is 0.602. The number of aryl methyl sites for hydroxylation is 1. The van der Waals surface area contributed by atoms with E-state index in [9.17, 15) is 9.18 Å². The molecule has 1 fully saturated rings. The van der Waals surface area contributed by atoms with Gasteiger partial charge in [-0.05, 0) is 31.9 Å². The van der Waals surface area contributed by atoms with Gasteiger partial charge < -0.3 is 15.8 Å². The van der Waals surface area contributed by atoms with E-state index in [4.69, 9.17) is 10.5 Å². The van der Waals surface area contributed by atoms with Crippen LogP contribution in [0.1, 0.15) is 40.8 Å². The van der Waals surface area contributed by atoms with Crippen molar-refractivity contribution >= 4 is 22.9 Å². The van der Waals surface area contributed by atoms with Gasteiger partial charge in [-0.1, -0.05) is 0 Å². The van der Waals surface area contributed by atoms with Crippen LogP contribution < -0.4 is 11.1 Å². The highest BCUT2D eigenvalue weighted by molar-refractivity contribution is 7.13. The number of carbonyl (C=O) groups excluding carboxylic acids is 1. The maximum absolute atomic E-state index is 13.8. The Hall–Kier alpha value is -2.69. The second kappa shape index (κ2) is 8.36. The molecule has 0 aliphatic carbocycles. The van der Waals surface area contributed by atoms with Crippen LogP contribution in [0.2, 0.25) is 0 Å². The monoisotopic (exact) mass is 416 g/mol. The molecule has 1 aliphatic rings. The van der Waals surface area contributed by atoms with Gasteiger partial charge in [-0.15, -0.1) is 11.3 Å². The number of nitrogens with one attached hydrogen (secondary N) is 2. The number of H-pyrrole nitrogens is 1. The molecule has 1 saturated heterocycles. The van der Waals surface area contributed by atoms with Crippen molar-refractivity contribution in [3.63, 3.8) is 0 Å². The third kappa shape index (κ3) is 4.19. The number of anilines is 1. The Labute approximate surface area is 170 Å². The summed E-state index contributed by atoms with van der Waals surface area (Å²) in [6.45, 7) is 1.69. The molecule has 8 nitrogen and oxygen atoms in total. The van der Waals surface area contributed by atoms with Gasteiger partial charge in [0.25, 0.3) is 5.91 Å². The molecule has 0 aromatic carbocycles. The van der Waals surface area contributed by atoms with Gasteiger partial charge in [0.1, 0.15) is 23.0 Å². The minimum atomic E-state index is -1.21. The number of alkyl halides is 1. The molecule has 10 heteroatoms. The fourth-order valence-electron chi connectivity index (χ4n) is 3.19. The van der Waals surface area contributed by atoms with Crippen LogP contribution in [0.15, 0.2) is 29.9 Å². The van der Waals surface area contributed by atoms with Crippen LogP contribution in [0.5, 0.6) is 0 Å². The van der Waals surface area contributed by atoms with Crippen LogP contribution in [0.3, 0.4) is 0 Å². The number of halogens is 1. The van der Waals surface area contributed by atoms with Gasteiger partial charge in [0.2, 0.25) is 0 Å². The lowest BCUT2D eigenvalue weighted by Gasteiger charge is -2.15. The van der Waals surface area contributed by atoms with Gasteiger partial charge >= 0.3 is 0 Å². The number of ether oxygens (including phenoxy) is 1. The summed E-state index contributed by atoms with van der Waals surface area (Å²) in [5.41, 5.74) is 8.71. The van der Waals surface area contributed by atoms with Crippen LogP contribution in [0, 0.1) is 6.92 Å². The van der Waals surface area contributed by atoms with Crippen molar-refractivity contribution in [3.8, 4) is 10.6 Å². The maximum Gasteiger partial charge on any atom is 0.275 e. The number of amides is 1. The summed E-state index contributed by atoms with van der Waals surface area (Å²) < 4.78 is 19.5. The molecule has 4 rings (SSSR count). The average molecular weight is 416 g/mol. The molecule has 0 radical (unpaired) electrons. The molecule has 0 bridgehead atoms. The number of nitrogens with two attached hydrogens (primary N) is 1. The van der Waals surface area contributed by atoms with Crippen molar-refractivity contribution in [2.75, 3.05) is 11.9 Å². The fraction of sp³-hybridized carbons (Fsp3) is 0.368. The van der Waals surface area contributed by atoms with Gasteiger partial charge in [-0.2, -0.15) is 5.10 Å². The number of hydrogen-bond donors (Lipinski definition) is 3. The van der Waals surface area contributed by atoms with E-state index >= 15 is 0 Å². The van der Waals surface area contributed by atoms with Crippen molar-refractivity contribution < 1.29 is 13.9 Å². The summed E-state index contributed by atoms with van der Waals surface area (Å²) in [4.78, 5) is 21.3. The minimum Gasteiger partial charge on any atom is -0.369 e. The van der Waals surface area contributed by atoms with Gasteiger partial charge in [-0.3, -0.25) is 14.9 Å². The highest BCUT2D eigenvalue weighted by atomic mass is 32.1. The Morgan fingerprint density at radius 3 is 3.10 bits per heavy atom. The van der Waals surface area contributed by atoms with Crippen LogP contribution >= 0.6 is 11.3 Å². The highest BCUT2D eigenvalue weighted by Gasteiger charge is 2.29. The van der Waals surface area contributed by atoms with Crippen molar-refractivity contribution in [2.24, 2.45) is 5.73 Å². The van der Waals surface area contributed by atoms with E-state index < -0.39 is 18.3 Å². The predicted molar refractivity (Wildman–Crippen MR) is 107 cm³/mol. The van der Waals surface area contributed by atoms with E-state index in [1.54, 1.807) is 24.7 Å². The smallest absolute Gasteiger partial charge is 0.275 e. The largest absolute Gasteiger partial charge is 0.369 e. The summed E-state index contributed by atoms with van der Waals surface area (Å²) in [6.07, 6.45) is 2.78. The number of aromatic amines is 1. The second-order valence-electron chi connectivity index (χ2n) is 6.91. The molecule has 4 N–H and O–H groups in total. The zero-order chi connectivity index (χ0) is 20.4. The molecule has 3 atom stereocenters. The Bertz CT molecular complexity index is 980. The van der Waals surface area contributed by atoms with Crippen molar-refractivity contribution in [2.45, 2.75) is 38.1 Å². The first kappa shape index (κ1) is 19.6. The first-order valence-corrected chi connectivity index (χ1v) is 10.1. The lowest BCUT2D eigenvalue weighted by molar-refractivity contribution is 0.0267. The van der Waals surface area contributed by atoms with Crippen LogP contribution in [-0.2, 0) is 4.74 Å². The van der Waals surface area contributed by atoms with E-state index in [0.717, 1.165) is 5.56 Å². The van der Waals surface area contributed by atoms with Gasteiger partial charge in [-0.25, -0.2) is 9.37 Å². The molecule has 4 heterocycles. The number of aromatic nitrogens is 4. The molecule has 1 aliphatic heterocycles. The molecule has 29 heavy (non-hydrogen) atoms. The van der Waals surface area contributed by atoms with E-state index in [1.165, 1.54) is 11.3 Å². The van der Waals surface area contributed by atoms with Crippen molar-refractivity contribution in [1.29, 1.82) is 0 Å². The zero-order valence-electron chi connectivity index (χ0n) is 15.8. The SMILES string of the molecule is Cc1n[nH]c([C@@H]2CC[C@@H](N)[C@H](F)CO2)c1NC(=O)c1csc(-c2cccnc2)n1. The number of rotatable bonds is 4. The Kier molecular flexibility index (Phi) is 5.65. The average Bonchev–Trinajstić information content (AvgIpc) is 3.32. The van der Waals surface area contributed by atoms with E-state index in [0.29, 0.717) is 40.6 Å². The van der Waals surface area contributed by atoms with Crippen LogP contribution in [0.25, 0.3) is 10.6 Å². The van der Waals surface area contributed by atoms with Crippen molar-refractivity contribution in [3.05, 3.63) is 47.0 Å². The van der Waals surface area contributed by atoms with E-state index in [-0.39, 0.29) is 12.5 Å². The lowest BCUT2D eigenvalue weighted by Crippen LogP contribution is -2.32. The molecule has 3 aromatic rings. The molecule has 3 aromatic heterocycles. The lowest BCUT2D eigenvalue weighted by atomic mass is 10.0. The molecular formula is C19H21FN6O2S. The minimum absolute atomic E-state index is 0.0855. The summed E-state index contributed by atoms with van der Waals surface area (Å²) in [5, 5.41) is 12.4. The van der Waals surface area contributed by atoms with Gasteiger partial charge in [0.05, 0.1) is 23.7 Å². The van der Waals surface area contributed by atoms with Crippen LogP contribution in [0.4, 0.5) is 10.1 Å². The van der Waals surface area contributed by atoms with Crippen molar-refractivity contribution in [1.82, 2.24) is 20.2 Å². The van der Waals surface area contributed by atoms with Gasteiger partial charge in [0, 0.05) is 29.4 Å². The Morgan fingerprint density at radius 2 is 2.31 bits per heavy atom. The number of hydrogen-bond acceptors (Lipinski definition) is 7. The second-order valence-corrected chi connectivity index (χ2v) is 7.77. The molecule has 152 valence electrons. The summed E-state index contributed by atoms with van der Waals surface area (Å²) >= 11 is 1.37.